The summed E-state index contributed by atoms with van der Waals surface area (Å²) in [6.07, 6.45) is 0. The zero-order valence-electron chi connectivity index (χ0n) is 77.2. The number of hydrogen-bond acceptors (Lipinski definition) is 4. The summed E-state index contributed by atoms with van der Waals surface area (Å²) >= 11 is 0. The molecule has 2 aliphatic rings. The highest BCUT2D eigenvalue weighted by Crippen LogP contribution is 2.51. The molecule has 0 amide bonds. The van der Waals surface area contributed by atoms with Crippen molar-refractivity contribution in [3.63, 3.8) is 0 Å². The third kappa shape index (κ3) is 16.8. The Bertz CT molecular complexity index is 4970. The lowest BCUT2D eigenvalue weighted by atomic mass is 9.78. The second-order valence-electron chi connectivity index (χ2n) is 46.0. The van der Waals surface area contributed by atoms with Gasteiger partial charge in [0, 0.05) is 33.4 Å². The van der Waals surface area contributed by atoms with Crippen LogP contribution in [0.3, 0.4) is 0 Å². The quantitative estimate of drug-likeness (QED) is 0.174. The van der Waals surface area contributed by atoms with Crippen LogP contribution in [0.5, 0.6) is 0 Å². The first-order chi connectivity index (χ1) is 50.7. The number of nitrogens with one attached hydrogen (secondary N) is 2. The van der Waals surface area contributed by atoms with Crippen molar-refractivity contribution >= 4 is 44.6 Å². The highest BCUT2D eigenvalue weighted by atomic mass is 15.0. The summed E-state index contributed by atoms with van der Waals surface area (Å²) in [5.74, 6) is 1.30. The largest absolute Gasteiger partial charge is 0.339 e. The molecule has 0 unspecified atom stereocenters. The lowest BCUT2D eigenvalue weighted by Gasteiger charge is -2.27. The van der Waals surface area contributed by atoms with Crippen LogP contribution in [0, 0.1) is 13.8 Å². The molecule has 2 N–H and O–H groups in total. The minimum absolute atomic E-state index is 0.192. The van der Waals surface area contributed by atoms with E-state index >= 15 is 0 Å². The number of aromatic nitrogens is 6. The lowest BCUT2D eigenvalue weighted by molar-refractivity contribution is 0.567. The number of H-pyrrole nitrogens is 2. The third-order valence-corrected chi connectivity index (χ3v) is 23.9. The fourth-order valence-electron chi connectivity index (χ4n) is 15.8. The van der Waals surface area contributed by atoms with E-state index < -0.39 is 0 Å². The SMILES string of the molecule is CC1=C(c2cc(C(C)(C)C)cc(C(C)(C)C)c2)c2nc1c(-c1cc(C(C)(C)C)cc(C(C)(C)C)c1)c1[nH]c(nc3nc(c(-c4cc(C(C)(C)C)cc(C(C)(C)C)c4)c4[nH]c(n2)c(-c2cc(C(C)(C)C)cc(C(C)(C)C)c2)c4C)C(C)=C3c2cc(C(C)(C)C)cc(C(C)(C)C)c2)c(-c2cc(C(C)(C)C)cc(C(C)(C)C)c2)c1C. The Morgan fingerprint density at radius 3 is 0.527 bits per heavy atom. The summed E-state index contributed by atoms with van der Waals surface area (Å²) in [7, 11) is 0. The van der Waals surface area contributed by atoms with Crippen LogP contribution in [0.25, 0.3) is 89.1 Å². The van der Waals surface area contributed by atoms with Crippen LogP contribution in [-0.2, 0) is 65.0 Å². The third-order valence-electron chi connectivity index (χ3n) is 23.9. The van der Waals surface area contributed by atoms with Gasteiger partial charge >= 0.3 is 0 Å². The molecule has 6 aromatic carbocycles. The van der Waals surface area contributed by atoms with Gasteiger partial charge in [0.05, 0.1) is 22.4 Å². The molecule has 8 bridgehead atoms. The van der Waals surface area contributed by atoms with E-state index in [-0.39, 0.29) is 65.0 Å². The molecule has 594 valence electrons. The van der Waals surface area contributed by atoms with E-state index in [4.69, 9.17) is 19.9 Å². The Balaban J connectivity index is 1.58. The van der Waals surface area contributed by atoms with Gasteiger partial charge in [-0.15, -0.1) is 0 Å². The number of nitrogens with zero attached hydrogens (tertiary/aromatic N) is 4. The average Bonchev–Trinajstić information content (AvgIpc) is 1.56. The molecule has 0 fully saturated rings. The molecule has 0 spiro atoms. The second kappa shape index (κ2) is 27.8. The van der Waals surface area contributed by atoms with E-state index in [9.17, 15) is 0 Å². The maximum absolute atomic E-state index is 6.36. The number of allylic oxidation sites excluding steroid dienone is 2. The minimum atomic E-state index is -0.222. The molecule has 0 aliphatic carbocycles. The molecule has 6 nitrogen and oxygen atoms in total. The lowest BCUT2D eigenvalue weighted by Crippen LogP contribution is -2.17. The fourth-order valence-corrected chi connectivity index (χ4v) is 15.8. The average molecular weight is 1500 g/mol. The van der Waals surface area contributed by atoms with Gasteiger partial charge in [0.25, 0.3) is 0 Å². The molecule has 3 aromatic heterocycles. The topological polar surface area (TPSA) is 83.1 Å². The van der Waals surface area contributed by atoms with Crippen LogP contribution in [0.1, 0.15) is 375 Å². The van der Waals surface area contributed by atoms with Crippen LogP contribution in [0.4, 0.5) is 0 Å². The monoisotopic (exact) mass is 1500 g/mol. The molecular weight excluding hydrogens is 1360 g/mol. The normalized spacial score (nSPS) is 14.4. The van der Waals surface area contributed by atoms with Gasteiger partial charge in [-0.1, -0.05) is 358 Å². The number of fused-ring (bicyclic) bond motifs is 8. The summed E-state index contributed by atoms with van der Waals surface area (Å²) in [5.41, 5.74) is 34.6. The van der Waals surface area contributed by atoms with E-state index in [0.717, 1.165) is 123 Å². The van der Waals surface area contributed by atoms with Crippen LogP contribution >= 0.6 is 0 Å². The first-order valence-corrected chi connectivity index (χ1v) is 41.7. The van der Waals surface area contributed by atoms with Crippen molar-refractivity contribution < 1.29 is 0 Å². The van der Waals surface area contributed by atoms with Crippen molar-refractivity contribution in [2.24, 2.45) is 0 Å². The van der Waals surface area contributed by atoms with Crippen LogP contribution in [-0.4, -0.2) is 29.9 Å². The molecule has 6 heteroatoms. The minimum Gasteiger partial charge on any atom is -0.339 e. The molecule has 0 saturated heterocycles. The van der Waals surface area contributed by atoms with Gasteiger partial charge in [-0.05, 0) is 215 Å². The first kappa shape index (κ1) is 84.7. The smallest absolute Gasteiger partial charge is 0.163 e. The Kier molecular flexibility index (Phi) is 21.0. The molecular formula is C106H140N6. The van der Waals surface area contributed by atoms with Gasteiger partial charge in [0.15, 0.2) is 11.6 Å². The molecule has 0 saturated carbocycles. The molecule has 112 heavy (non-hydrogen) atoms. The van der Waals surface area contributed by atoms with Crippen molar-refractivity contribution in [1.82, 2.24) is 29.9 Å². The maximum atomic E-state index is 6.36. The van der Waals surface area contributed by atoms with E-state index in [1.807, 2.05) is 0 Å². The van der Waals surface area contributed by atoms with Crippen molar-refractivity contribution in [1.29, 1.82) is 0 Å². The summed E-state index contributed by atoms with van der Waals surface area (Å²) in [6, 6.07) is 44.1. The van der Waals surface area contributed by atoms with Gasteiger partial charge in [-0.3, -0.25) is 0 Å². The summed E-state index contributed by atoms with van der Waals surface area (Å²) < 4.78 is 0. The Hall–Kier alpha value is -8.22. The van der Waals surface area contributed by atoms with E-state index in [1.165, 1.54) is 66.8 Å². The molecule has 9 aromatic rings. The van der Waals surface area contributed by atoms with Crippen molar-refractivity contribution in [2.75, 3.05) is 0 Å². The zero-order chi connectivity index (χ0) is 83.8. The predicted molar refractivity (Wildman–Crippen MR) is 488 cm³/mol. The molecule has 2 aliphatic heterocycles. The fraction of sp³-hybridized carbons (Fsp3) is 0.491. The maximum Gasteiger partial charge on any atom is 0.163 e. The van der Waals surface area contributed by atoms with E-state index in [1.54, 1.807) is 0 Å². The molecule has 11 rings (SSSR count). The molecule has 0 radical (unpaired) electrons. The van der Waals surface area contributed by atoms with Gasteiger partial charge in [-0.25, -0.2) is 19.9 Å². The van der Waals surface area contributed by atoms with Gasteiger partial charge in [0.1, 0.15) is 11.3 Å². The summed E-state index contributed by atoms with van der Waals surface area (Å²) in [6.45, 7) is 93.9. The van der Waals surface area contributed by atoms with Crippen molar-refractivity contribution in [3.8, 4) is 44.5 Å². The van der Waals surface area contributed by atoms with Crippen molar-refractivity contribution in [2.45, 2.75) is 342 Å². The number of aryl methyl sites for hydroxylation is 2. The highest BCUT2D eigenvalue weighted by Gasteiger charge is 2.36. The molecule has 5 heterocycles. The standard InChI is InChI=1S/C106H140N6/c1-59-81(63-41-69(95(5,6)7)53-70(42-63)96(8,9)10)91-107-87(59)85(67-49-77(103(29,30)31)57-78(50-67)104(32,33)34)88-60(2)82(64-43-71(97(11,12)13)54-72(44-64)98(14,15)16)93(108-88)112-94-84(66-47-75(101(23,24)25)56-76(48-66)102(26,27)28)62(4)90(110-94)86(68-51-79(105(35,36)37)58-80(52-68)106(38,39)40)89-61(3)83(92(109-89)111-91)65-45-73(99(17,18)19)55-74(46-65)100(20,21)22/h41-58H,1-40H3,(H,107,109,111)(H,108,110,112). The number of benzene rings is 6. The number of hydrogen-bond donors (Lipinski definition) is 2. The molecule has 0 atom stereocenters. The van der Waals surface area contributed by atoms with Gasteiger partial charge in [0.2, 0.25) is 0 Å². The Morgan fingerprint density at radius 1 is 0.196 bits per heavy atom. The highest BCUT2D eigenvalue weighted by molar-refractivity contribution is 6.08. The van der Waals surface area contributed by atoms with Crippen molar-refractivity contribution in [3.05, 3.63) is 221 Å². The predicted octanol–water partition coefficient (Wildman–Crippen LogP) is 29.9. The second-order valence-corrected chi connectivity index (χ2v) is 46.0. The van der Waals surface area contributed by atoms with E-state index in [2.05, 4.69) is 396 Å². The summed E-state index contributed by atoms with van der Waals surface area (Å²) in [5, 5.41) is 0. The van der Waals surface area contributed by atoms with E-state index in [0.29, 0.717) is 11.6 Å². The van der Waals surface area contributed by atoms with Gasteiger partial charge in [-0.2, -0.15) is 0 Å². The van der Waals surface area contributed by atoms with Crippen LogP contribution < -0.4 is 0 Å². The number of aromatic amines is 2. The van der Waals surface area contributed by atoms with Gasteiger partial charge < -0.3 is 9.97 Å². The Labute approximate surface area is 678 Å². The zero-order valence-corrected chi connectivity index (χ0v) is 77.2. The Morgan fingerprint density at radius 2 is 0.357 bits per heavy atom. The van der Waals surface area contributed by atoms with Crippen LogP contribution in [0.15, 0.2) is 109 Å². The summed E-state index contributed by atoms with van der Waals surface area (Å²) in [4.78, 5) is 34.1. The first-order valence-electron chi connectivity index (χ1n) is 41.7. The number of rotatable bonds is 6. The van der Waals surface area contributed by atoms with Crippen LogP contribution in [0.2, 0.25) is 0 Å².